The van der Waals surface area contributed by atoms with Crippen LogP contribution >= 0.6 is 27.5 Å². The molecule has 0 radical (unpaired) electrons. The molecule has 110 valence electrons. The second kappa shape index (κ2) is 5.46. The molecule has 0 aliphatic heterocycles. The molecule has 0 aliphatic carbocycles. The van der Waals surface area contributed by atoms with Crippen LogP contribution in [0.5, 0.6) is 0 Å². The van der Waals surface area contributed by atoms with Crippen LogP contribution in [0.15, 0.2) is 22.7 Å². The van der Waals surface area contributed by atoms with Crippen molar-refractivity contribution >= 4 is 38.7 Å². The highest BCUT2D eigenvalue weighted by Crippen LogP contribution is 2.27. The van der Waals surface area contributed by atoms with Gasteiger partial charge in [-0.3, -0.25) is 4.57 Å². The van der Waals surface area contributed by atoms with Crippen molar-refractivity contribution < 1.29 is 0 Å². The van der Waals surface area contributed by atoms with Gasteiger partial charge in [-0.15, -0.1) is 11.6 Å². The smallest absolute Gasteiger partial charge is 0.163 e. The van der Waals surface area contributed by atoms with E-state index in [9.17, 15) is 0 Å². The van der Waals surface area contributed by atoms with Gasteiger partial charge in [0.15, 0.2) is 5.65 Å². The zero-order valence-corrected chi connectivity index (χ0v) is 14.5. The first-order valence-electron chi connectivity index (χ1n) is 6.84. The summed E-state index contributed by atoms with van der Waals surface area (Å²) in [6.45, 7) is 6.94. The lowest BCUT2D eigenvalue weighted by Crippen LogP contribution is -2.06. The fourth-order valence-corrected chi connectivity index (χ4v) is 2.99. The minimum absolute atomic E-state index is 0.368. The summed E-state index contributed by atoms with van der Waals surface area (Å²) >= 11 is 9.65. The van der Waals surface area contributed by atoms with E-state index < -0.39 is 0 Å². The molecule has 0 bridgehead atoms. The van der Waals surface area contributed by atoms with Crippen LogP contribution in [0.3, 0.4) is 0 Å². The topological polar surface area (TPSA) is 35.6 Å². The predicted molar refractivity (Wildman–Crippen MR) is 89.3 cm³/mol. The van der Waals surface area contributed by atoms with Gasteiger partial charge in [0.2, 0.25) is 0 Å². The molecule has 3 rings (SSSR count). The average molecular weight is 368 g/mol. The van der Waals surface area contributed by atoms with Crippen molar-refractivity contribution in [2.75, 3.05) is 0 Å². The van der Waals surface area contributed by atoms with E-state index >= 15 is 0 Å². The van der Waals surface area contributed by atoms with Crippen LogP contribution in [0.1, 0.15) is 24.0 Å². The largest absolute Gasteiger partial charge is 0.280 e. The zero-order valence-electron chi connectivity index (χ0n) is 12.2. The normalized spacial score (nSPS) is 11.5. The Balaban J connectivity index is 2.36. The Hall–Kier alpha value is -1.33. The van der Waals surface area contributed by atoms with Crippen LogP contribution in [0.4, 0.5) is 0 Å². The van der Waals surface area contributed by atoms with Crippen molar-refractivity contribution in [1.82, 2.24) is 19.3 Å². The third kappa shape index (κ3) is 2.28. The Labute approximate surface area is 136 Å². The number of imidazole rings is 1. The van der Waals surface area contributed by atoms with Crippen molar-refractivity contribution in [1.29, 1.82) is 0 Å². The minimum Gasteiger partial charge on any atom is -0.280 e. The maximum Gasteiger partial charge on any atom is 0.163 e. The molecule has 0 fully saturated rings. The number of benzene rings is 1. The number of aryl methyl sites for hydroxylation is 3. The highest BCUT2D eigenvalue weighted by atomic mass is 79.9. The molecule has 0 N–H and O–H groups in total. The summed E-state index contributed by atoms with van der Waals surface area (Å²) in [5.74, 6) is 1.21. The van der Waals surface area contributed by atoms with Crippen LogP contribution in [-0.4, -0.2) is 19.3 Å². The zero-order chi connectivity index (χ0) is 15.1. The van der Waals surface area contributed by atoms with Gasteiger partial charge in [-0.2, -0.15) is 5.10 Å². The fourth-order valence-electron chi connectivity index (χ4n) is 2.56. The van der Waals surface area contributed by atoms with Crippen LogP contribution in [-0.2, 0) is 12.4 Å². The molecule has 3 aromatic rings. The second-order valence-electron chi connectivity index (χ2n) is 5.00. The molecule has 21 heavy (non-hydrogen) atoms. The number of hydrogen-bond donors (Lipinski definition) is 0. The van der Waals surface area contributed by atoms with Gasteiger partial charge in [0, 0.05) is 16.7 Å². The lowest BCUT2D eigenvalue weighted by Gasteiger charge is -2.10. The highest BCUT2D eigenvalue weighted by Gasteiger charge is 2.19. The summed E-state index contributed by atoms with van der Waals surface area (Å²) in [6.07, 6.45) is 0. The molecule has 0 saturated carbocycles. The molecule has 0 spiro atoms. The molecule has 2 aromatic heterocycles. The van der Waals surface area contributed by atoms with Gasteiger partial charge in [-0.05, 0) is 44.5 Å². The standard InChI is InChI=1S/C15H16BrClN4/c1-4-20-15-14(10(3)19-20)18-13(8-17)21(15)11-5-6-12(16)9(2)7-11/h5-7H,4,8H2,1-3H3. The van der Waals surface area contributed by atoms with E-state index in [0.717, 1.165) is 39.4 Å². The third-order valence-electron chi connectivity index (χ3n) is 3.60. The van der Waals surface area contributed by atoms with Crippen molar-refractivity contribution in [3.8, 4) is 5.69 Å². The van der Waals surface area contributed by atoms with Crippen molar-refractivity contribution in [3.05, 3.63) is 39.8 Å². The van der Waals surface area contributed by atoms with Gasteiger partial charge >= 0.3 is 0 Å². The monoisotopic (exact) mass is 366 g/mol. The molecule has 4 nitrogen and oxygen atoms in total. The number of nitrogens with zero attached hydrogens (tertiary/aromatic N) is 4. The van der Waals surface area contributed by atoms with Crippen molar-refractivity contribution in [2.24, 2.45) is 0 Å². The molecule has 0 atom stereocenters. The van der Waals surface area contributed by atoms with Gasteiger partial charge < -0.3 is 0 Å². The number of halogens is 2. The van der Waals surface area contributed by atoms with E-state index in [0.29, 0.717) is 5.88 Å². The SMILES string of the molecule is CCn1nc(C)c2nc(CCl)n(-c3ccc(Br)c(C)c3)c21. The van der Waals surface area contributed by atoms with Gasteiger partial charge in [0.05, 0.1) is 11.6 Å². The maximum atomic E-state index is 6.11. The van der Waals surface area contributed by atoms with Crippen LogP contribution in [0, 0.1) is 13.8 Å². The van der Waals surface area contributed by atoms with Gasteiger partial charge in [-0.1, -0.05) is 15.9 Å². The minimum atomic E-state index is 0.368. The number of alkyl halides is 1. The van der Waals surface area contributed by atoms with Crippen molar-refractivity contribution in [2.45, 2.75) is 33.2 Å². The third-order valence-corrected chi connectivity index (χ3v) is 4.73. The molecule has 2 heterocycles. The van der Waals surface area contributed by atoms with E-state index in [2.05, 4.69) is 56.6 Å². The van der Waals surface area contributed by atoms with E-state index in [1.165, 1.54) is 5.56 Å². The molecule has 0 unspecified atom stereocenters. The Morgan fingerprint density at radius 2 is 2.05 bits per heavy atom. The Bertz CT molecular complexity index is 819. The molecule has 0 saturated heterocycles. The number of hydrogen-bond acceptors (Lipinski definition) is 2. The first-order chi connectivity index (χ1) is 10.1. The summed E-state index contributed by atoms with van der Waals surface area (Å²) < 4.78 is 5.17. The van der Waals surface area contributed by atoms with Crippen molar-refractivity contribution in [3.63, 3.8) is 0 Å². The van der Waals surface area contributed by atoms with Crippen LogP contribution in [0.2, 0.25) is 0 Å². The second-order valence-corrected chi connectivity index (χ2v) is 6.13. The van der Waals surface area contributed by atoms with E-state index in [1.807, 2.05) is 17.7 Å². The van der Waals surface area contributed by atoms with Gasteiger partial charge in [0.1, 0.15) is 11.3 Å². The lowest BCUT2D eigenvalue weighted by molar-refractivity contribution is 0.660. The van der Waals surface area contributed by atoms with Gasteiger partial charge in [0.25, 0.3) is 0 Å². The molecular weight excluding hydrogens is 352 g/mol. The molecular formula is C15H16BrClN4. The molecule has 1 aromatic carbocycles. The molecule has 0 aliphatic rings. The average Bonchev–Trinajstić information content (AvgIpc) is 2.99. The van der Waals surface area contributed by atoms with Crippen LogP contribution < -0.4 is 0 Å². The van der Waals surface area contributed by atoms with E-state index in [4.69, 9.17) is 11.6 Å². The fraction of sp³-hybridized carbons (Fsp3) is 0.333. The number of fused-ring (bicyclic) bond motifs is 1. The predicted octanol–water partition coefficient (Wildman–Crippen LogP) is 4.36. The lowest BCUT2D eigenvalue weighted by atomic mass is 10.2. The number of aromatic nitrogens is 4. The highest BCUT2D eigenvalue weighted by molar-refractivity contribution is 9.10. The summed E-state index contributed by atoms with van der Waals surface area (Å²) in [5.41, 5.74) is 5.10. The summed E-state index contributed by atoms with van der Waals surface area (Å²) in [4.78, 5) is 4.66. The Morgan fingerprint density at radius 3 is 2.67 bits per heavy atom. The quantitative estimate of drug-likeness (QED) is 0.645. The summed E-state index contributed by atoms with van der Waals surface area (Å²) in [7, 11) is 0. The summed E-state index contributed by atoms with van der Waals surface area (Å²) in [5, 5.41) is 4.55. The van der Waals surface area contributed by atoms with E-state index in [1.54, 1.807) is 0 Å². The van der Waals surface area contributed by atoms with Crippen LogP contribution in [0.25, 0.3) is 16.9 Å². The Kier molecular flexibility index (Phi) is 3.80. The van der Waals surface area contributed by atoms with Gasteiger partial charge in [-0.25, -0.2) is 9.67 Å². The number of rotatable bonds is 3. The first-order valence-corrected chi connectivity index (χ1v) is 8.16. The Morgan fingerprint density at radius 1 is 1.29 bits per heavy atom. The molecule has 6 heteroatoms. The maximum absolute atomic E-state index is 6.11. The summed E-state index contributed by atoms with van der Waals surface area (Å²) in [6, 6.07) is 6.24. The molecule has 0 amide bonds. The van der Waals surface area contributed by atoms with E-state index in [-0.39, 0.29) is 0 Å². The first kappa shape index (κ1) is 14.6.